The fourth-order valence-corrected chi connectivity index (χ4v) is 3.75. The molecule has 2 N–H and O–H groups in total. The third-order valence-electron chi connectivity index (χ3n) is 5.73. The van der Waals surface area contributed by atoms with E-state index in [1.165, 1.54) is 29.6 Å². The largest absolute Gasteiger partial charge is 0.494 e. The number of ether oxygens (including phenoxy) is 2. The molecule has 2 aromatic heterocycles. The van der Waals surface area contributed by atoms with E-state index in [0.29, 0.717) is 29.3 Å². The maximum Gasteiger partial charge on any atom is 0.332 e. The number of rotatable bonds is 9. The van der Waals surface area contributed by atoms with Gasteiger partial charge in [-0.1, -0.05) is 0 Å². The Labute approximate surface area is 221 Å². The number of amides is 2. The zero-order valence-corrected chi connectivity index (χ0v) is 21.5. The minimum absolute atomic E-state index is 0.0626. The van der Waals surface area contributed by atoms with E-state index >= 15 is 0 Å². The van der Waals surface area contributed by atoms with Crippen molar-refractivity contribution in [1.82, 2.24) is 18.7 Å². The van der Waals surface area contributed by atoms with Gasteiger partial charge in [-0.25, -0.2) is 9.78 Å². The lowest BCUT2D eigenvalue weighted by atomic mass is 10.2. The van der Waals surface area contributed by atoms with Crippen molar-refractivity contribution in [2.45, 2.75) is 13.5 Å². The molecule has 0 saturated heterocycles. The fourth-order valence-electron chi connectivity index (χ4n) is 3.75. The Morgan fingerprint density at radius 1 is 0.897 bits per heavy atom. The number of esters is 1. The molecule has 2 amide bonds. The Kier molecular flexibility index (Phi) is 7.89. The Morgan fingerprint density at radius 2 is 1.54 bits per heavy atom. The Hall–Kier alpha value is -5.20. The van der Waals surface area contributed by atoms with Gasteiger partial charge >= 0.3 is 11.7 Å². The van der Waals surface area contributed by atoms with Crippen LogP contribution in [0.25, 0.3) is 11.2 Å². The molecule has 202 valence electrons. The van der Waals surface area contributed by atoms with E-state index in [0.717, 1.165) is 4.57 Å². The van der Waals surface area contributed by atoms with E-state index in [1.54, 1.807) is 48.5 Å². The molecule has 0 radical (unpaired) electrons. The molecule has 4 aromatic rings. The van der Waals surface area contributed by atoms with Gasteiger partial charge in [0, 0.05) is 31.0 Å². The zero-order valence-electron chi connectivity index (χ0n) is 21.5. The second-order valence-corrected chi connectivity index (χ2v) is 8.45. The van der Waals surface area contributed by atoms with Crippen molar-refractivity contribution < 1.29 is 23.9 Å². The number of aromatic nitrogens is 4. The highest BCUT2D eigenvalue weighted by atomic mass is 16.5. The molecular weight excluding hydrogens is 508 g/mol. The predicted octanol–water partition coefficient (Wildman–Crippen LogP) is 1.27. The quantitative estimate of drug-likeness (QED) is 0.304. The van der Waals surface area contributed by atoms with Crippen LogP contribution in [0.4, 0.5) is 11.4 Å². The molecule has 0 atom stereocenters. The highest BCUT2D eigenvalue weighted by molar-refractivity contribution is 6.04. The summed E-state index contributed by atoms with van der Waals surface area (Å²) < 4.78 is 13.8. The number of imidazole rings is 1. The molecule has 2 aromatic carbocycles. The van der Waals surface area contributed by atoms with Crippen molar-refractivity contribution in [1.29, 1.82) is 0 Å². The molecule has 0 aliphatic rings. The van der Waals surface area contributed by atoms with Crippen molar-refractivity contribution >= 4 is 40.3 Å². The van der Waals surface area contributed by atoms with Crippen molar-refractivity contribution in [3.05, 3.63) is 81.3 Å². The lowest BCUT2D eigenvalue weighted by Gasteiger charge is -2.09. The Bertz CT molecular complexity index is 1650. The molecule has 2 heterocycles. The van der Waals surface area contributed by atoms with Gasteiger partial charge in [0.2, 0.25) is 0 Å². The summed E-state index contributed by atoms with van der Waals surface area (Å²) in [5.41, 5.74) is 0.433. The van der Waals surface area contributed by atoms with Crippen molar-refractivity contribution in [3.8, 4) is 5.75 Å². The number of hydrogen-bond acceptors (Lipinski definition) is 8. The molecule has 0 unspecified atom stereocenters. The van der Waals surface area contributed by atoms with Gasteiger partial charge in [0.1, 0.15) is 12.3 Å². The summed E-state index contributed by atoms with van der Waals surface area (Å²) in [5.74, 6) is -0.992. The van der Waals surface area contributed by atoms with Crippen LogP contribution in [-0.4, -0.2) is 49.7 Å². The molecule has 0 saturated carbocycles. The maximum absolute atomic E-state index is 12.5. The van der Waals surface area contributed by atoms with Gasteiger partial charge in [0.15, 0.2) is 17.8 Å². The molecule has 13 heteroatoms. The molecule has 4 rings (SSSR count). The van der Waals surface area contributed by atoms with Crippen LogP contribution in [0.15, 0.2) is 64.4 Å². The number of carbonyl (C=O) groups is 3. The third kappa shape index (κ3) is 6.04. The first-order chi connectivity index (χ1) is 18.7. The van der Waals surface area contributed by atoms with Crippen LogP contribution in [0.1, 0.15) is 17.3 Å². The van der Waals surface area contributed by atoms with E-state index in [9.17, 15) is 24.0 Å². The van der Waals surface area contributed by atoms with Crippen LogP contribution in [0.2, 0.25) is 0 Å². The van der Waals surface area contributed by atoms with Crippen LogP contribution >= 0.6 is 0 Å². The summed E-state index contributed by atoms with van der Waals surface area (Å²) in [5, 5.41) is 5.36. The first-order valence-corrected chi connectivity index (χ1v) is 11.9. The maximum atomic E-state index is 12.5. The third-order valence-corrected chi connectivity index (χ3v) is 5.73. The van der Waals surface area contributed by atoms with E-state index in [2.05, 4.69) is 15.6 Å². The van der Waals surface area contributed by atoms with Crippen molar-refractivity contribution in [2.75, 3.05) is 23.8 Å². The van der Waals surface area contributed by atoms with Crippen LogP contribution in [0.5, 0.6) is 5.75 Å². The summed E-state index contributed by atoms with van der Waals surface area (Å²) in [6.45, 7) is 1.49. The van der Waals surface area contributed by atoms with Crippen molar-refractivity contribution in [2.24, 2.45) is 14.1 Å². The monoisotopic (exact) mass is 534 g/mol. The molecule has 0 fully saturated rings. The number of hydrogen-bond donors (Lipinski definition) is 2. The Balaban J connectivity index is 1.29. The average molecular weight is 535 g/mol. The molecule has 0 aliphatic heterocycles. The van der Waals surface area contributed by atoms with E-state index < -0.39 is 29.7 Å². The topological polar surface area (TPSA) is 156 Å². The summed E-state index contributed by atoms with van der Waals surface area (Å²) in [7, 11) is 2.79. The van der Waals surface area contributed by atoms with E-state index in [4.69, 9.17) is 9.47 Å². The Morgan fingerprint density at radius 3 is 2.21 bits per heavy atom. The molecular formula is C26H26N6O7. The number of aryl methyl sites for hydroxylation is 1. The second-order valence-electron chi connectivity index (χ2n) is 8.45. The lowest BCUT2D eigenvalue weighted by molar-refractivity contribution is -0.147. The van der Waals surface area contributed by atoms with Gasteiger partial charge in [-0.2, -0.15) is 0 Å². The van der Waals surface area contributed by atoms with Crippen LogP contribution in [-0.2, 0) is 35.0 Å². The number of anilines is 2. The summed E-state index contributed by atoms with van der Waals surface area (Å²) >= 11 is 0. The average Bonchev–Trinajstić information content (AvgIpc) is 3.34. The molecule has 0 bridgehead atoms. The van der Waals surface area contributed by atoms with Gasteiger partial charge < -0.3 is 24.7 Å². The molecule has 0 aliphatic carbocycles. The number of nitrogens with zero attached hydrogens (tertiary/aromatic N) is 4. The van der Waals surface area contributed by atoms with Gasteiger partial charge in [0.25, 0.3) is 17.4 Å². The summed E-state index contributed by atoms with van der Waals surface area (Å²) in [6, 6.07) is 13.2. The predicted molar refractivity (Wildman–Crippen MR) is 142 cm³/mol. The van der Waals surface area contributed by atoms with Crippen LogP contribution < -0.4 is 26.6 Å². The highest BCUT2D eigenvalue weighted by Crippen LogP contribution is 2.17. The lowest BCUT2D eigenvalue weighted by Crippen LogP contribution is -2.37. The van der Waals surface area contributed by atoms with Crippen molar-refractivity contribution in [3.63, 3.8) is 0 Å². The number of carbonyl (C=O) groups excluding carboxylic acids is 3. The van der Waals surface area contributed by atoms with Gasteiger partial charge in [-0.3, -0.25) is 28.3 Å². The highest BCUT2D eigenvalue weighted by Gasteiger charge is 2.17. The number of benzene rings is 2. The van der Waals surface area contributed by atoms with E-state index in [-0.39, 0.29) is 23.6 Å². The first-order valence-electron chi connectivity index (χ1n) is 11.9. The number of nitrogens with one attached hydrogen (secondary N) is 2. The minimum Gasteiger partial charge on any atom is -0.494 e. The summed E-state index contributed by atoms with van der Waals surface area (Å²) in [4.78, 5) is 65.6. The zero-order chi connectivity index (χ0) is 28.1. The minimum atomic E-state index is -0.776. The summed E-state index contributed by atoms with van der Waals surface area (Å²) in [6.07, 6.45) is 1.25. The molecule has 39 heavy (non-hydrogen) atoms. The SMILES string of the molecule is CCOc1ccc(NC(=O)c2ccc(NC(=O)COC(=O)Cn3cnc4c3c(=O)n(C)c(=O)n4C)cc2)cc1. The van der Waals surface area contributed by atoms with E-state index in [1.807, 2.05) is 6.92 Å². The molecule has 13 nitrogen and oxygen atoms in total. The van der Waals surface area contributed by atoms with Crippen LogP contribution in [0, 0.1) is 0 Å². The first kappa shape index (κ1) is 26.9. The standard InChI is InChI=1S/C26H26N6O7/c1-4-38-19-11-9-18(10-12-19)29-24(35)16-5-7-17(8-6-16)28-20(33)14-39-21(34)13-32-15-27-23-22(32)25(36)31(3)26(37)30(23)2/h5-12,15H,4,13-14H2,1-3H3,(H,28,33)(H,29,35). The second kappa shape index (κ2) is 11.5. The normalized spacial score (nSPS) is 10.7. The molecule has 0 spiro atoms. The van der Waals surface area contributed by atoms with Gasteiger partial charge in [-0.15, -0.1) is 0 Å². The smallest absolute Gasteiger partial charge is 0.332 e. The number of fused-ring (bicyclic) bond motifs is 1. The van der Waals surface area contributed by atoms with Gasteiger partial charge in [-0.05, 0) is 55.5 Å². The fraction of sp³-hybridized carbons (Fsp3) is 0.231. The van der Waals surface area contributed by atoms with Crippen LogP contribution in [0.3, 0.4) is 0 Å². The van der Waals surface area contributed by atoms with Gasteiger partial charge in [0.05, 0.1) is 12.9 Å².